The van der Waals surface area contributed by atoms with E-state index in [0.29, 0.717) is 10.7 Å². The van der Waals surface area contributed by atoms with E-state index >= 15 is 0 Å². The lowest BCUT2D eigenvalue weighted by atomic mass is 9.84. The van der Waals surface area contributed by atoms with Crippen molar-refractivity contribution in [2.24, 2.45) is 10.9 Å². The number of aliphatic hydroxyl groups excluding tert-OH is 1. The van der Waals surface area contributed by atoms with Crippen LogP contribution in [0.25, 0.3) is 0 Å². The molecule has 28 heavy (non-hydrogen) atoms. The number of thioether (sulfide) groups is 1. The number of nitrogens with one attached hydrogen (secondary N) is 1. The summed E-state index contributed by atoms with van der Waals surface area (Å²) < 4.78 is 32.9. The normalized spacial score (nSPS) is 26.5. The molecule has 4 rings (SSSR count). The van der Waals surface area contributed by atoms with Crippen LogP contribution < -0.4 is 5.32 Å². The number of amides is 1. The number of aliphatic imine (C=N–C) groups is 1. The molecule has 0 unspecified atom stereocenters. The zero-order chi connectivity index (χ0) is 19.7. The van der Waals surface area contributed by atoms with Gasteiger partial charge in [-0.3, -0.25) is 9.79 Å². The van der Waals surface area contributed by atoms with Crippen LogP contribution in [0.3, 0.4) is 0 Å². The maximum atomic E-state index is 14.7. The Bertz CT molecular complexity index is 925. The lowest BCUT2D eigenvalue weighted by molar-refractivity contribution is 0.0414. The molecule has 5 nitrogen and oxygen atoms in total. The summed E-state index contributed by atoms with van der Waals surface area (Å²) >= 11 is 1.18. The van der Waals surface area contributed by atoms with E-state index in [1.807, 2.05) is 6.07 Å². The van der Waals surface area contributed by atoms with Crippen LogP contribution >= 0.6 is 11.8 Å². The van der Waals surface area contributed by atoms with Crippen LogP contribution in [-0.2, 0) is 9.48 Å². The van der Waals surface area contributed by atoms with Crippen molar-refractivity contribution in [3.63, 3.8) is 0 Å². The average molecular weight is 404 g/mol. The van der Waals surface area contributed by atoms with Crippen molar-refractivity contribution >= 4 is 22.8 Å². The van der Waals surface area contributed by atoms with Crippen molar-refractivity contribution < 1.29 is 23.4 Å². The highest BCUT2D eigenvalue weighted by molar-refractivity contribution is 8.14. The van der Waals surface area contributed by atoms with Gasteiger partial charge in [-0.1, -0.05) is 36.0 Å². The fourth-order valence-electron chi connectivity index (χ4n) is 3.68. The Balaban J connectivity index is 1.66. The van der Waals surface area contributed by atoms with E-state index in [2.05, 4.69) is 10.3 Å². The highest BCUT2D eigenvalue weighted by atomic mass is 32.2. The molecular weight excluding hydrogens is 386 g/mol. The Morgan fingerprint density at radius 2 is 2.07 bits per heavy atom. The molecule has 1 fully saturated rings. The summed E-state index contributed by atoms with van der Waals surface area (Å²) in [5.74, 6) is -1.98. The van der Waals surface area contributed by atoms with Crippen LogP contribution in [0.4, 0.5) is 8.78 Å². The minimum absolute atomic E-state index is 0.121. The molecule has 0 aliphatic carbocycles. The number of carbonyl (C=O) groups excluding carboxylic acids is 1. The lowest BCUT2D eigenvalue weighted by Gasteiger charge is -2.37. The zero-order valence-corrected chi connectivity index (χ0v) is 15.6. The molecule has 0 radical (unpaired) electrons. The van der Waals surface area contributed by atoms with Gasteiger partial charge in [0.25, 0.3) is 5.91 Å². The number of benzene rings is 2. The van der Waals surface area contributed by atoms with Crippen LogP contribution in [0.1, 0.15) is 15.9 Å². The maximum absolute atomic E-state index is 14.7. The smallest absolute Gasteiger partial charge is 0.257 e. The van der Waals surface area contributed by atoms with E-state index in [1.165, 1.54) is 23.9 Å². The highest BCUT2D eigenvalue weighted by Gasteiger charge is 2.55. The van der Waals surface area contributed by atoms with Crippen molar-refractivity contribution in [3.05, 3.63) is 71.3 Å². The van der Waals surface area contributed by atoms with E-state index in [0.717, 1.165) is 6.07 Å². The molecule has 2 aromatic rings. The van der Waals surface area contributed by atoms with Gasteiger partial charge in [-0.2, -0.15) is 0 Å². The van der Waals surface area contributed by atoms with Gasteiger partial charge in [0.05, 0.1) is 24.1 Å². The Labute approximate surface area is 164 Å². The number of rotatable bonds is 3. The summed E-state index contributed by atoms with van der Waals surface area (Å²) in [7, 11) is 0. The van der Waals surface area contributed by atoms with Gasteiger partial charge in [-0.05, 0) is 18.2 Å². The van der Waals surface area contributed by atoms with Crippen molar-refractivity contribution in [3.8, 4) is 0 Å². The monoisotopic (exact) mass is 404 g/mol. The Kier molecular flexibility index (Phi) is 5.18. The molecule has 2 aliphatic rings. The minimum atomic E-state index is -0.910. The van der Waals surface area contributed by atoms with Gasteiger partial charge >= 0.3 is 0 Å². The molecule has 2 aromatic carbocycles. The van der Waals surface area contributed by atoms with E-state index in [1.54, 1.807) is 24.3 Å². The zero-order valence-electron chi connectivity index (χ0n) is 14.8. The van der Waals surface area contributed by atoms with Gasteiger partial charge in [0.2, 0.25) is 0 Å². The van der Waals surface area contributed by atoms with E-state index in [-0.39, 0.29) is 37.1 Å². The number of halogens is 2. The van der Waals surface area contributed by atoms with Gasteiger partial charge in [-0.25, -0.2) is 8.78 Å². The lowest BCUT2D eigenvalue weighted by Crippen LogP contribution is -2.44. The molecule has 0 aromatic heterocycles. The Hall–Kier alpha value is -2.29. The summed E-state index contributed by atoms with van der Waals surface area (Å²) in [6, 6.07) is 12.1. The van der Waals surface area contributed by atoms with Gasteiger partial charge in [0.1, 0.15) is 11.6 Å². The SMILES string of the molecule is O=C(NC1=NC[C@H]2[C@@H](CO)OC[C@]2(c2ccc(F)cc2F)S1)c1ccccc1. The van der Waals surface area contributed by atoms with Crippen LogP contribution in [0.2, 0.25) is 0 Å². The quantitative estimate of drug-likeness (QED) is 0.825. The predicted octanol–water partition coefficient (Wildman–Crippen LogP) is 2.70. The van der Waals surface area contributed by atoms with Crippen molar-refractivity contribution in [2.75, 3.05) is 19.8 Å². The third kappa shape index (κ3) is 3.32. The molecule has 2 heterocycles. The molecule has 2 N–H and O–H groups in total. The van der Waals surface area contributed by atoms with Crippen LogP contribution in [0.5, 0.6) is 0 Å². The number of hydrogen-bond acceptors (Lipinski definition) is 5. The van der Waals surface area contributed by atoms with E-state index < -0.39 is 22.5 Å². The number of nitrogens with zero attached hydrogens (tertiary/aromatic N) is 1. The minimum Gasteiger partial charge on any atom is -0.394 e. The number of hydrogen-bond donors (Lipinski definition) is 2. The largest absolute Gasteiger partial charge is 0.394 e. The third-order valence-electron chi connectivity index (χ3n) is 5.09. The standard InChI is InChI=1S/C20H18F2N2O3S/c21-13-6-7-14(16(22)8-13)20-11-27-17(10-25)15(20)9-23-19(28-20)24-18(26)12-4-2-1-3-5-12/h1-8,15,17,25H,9-11H2,(H,23,24,26)/t15-,17+,20+/m0/s1. The van der Waals surface area contributed by atoms with Crippen LogP contribution in [-0.4, -0.2) is 42.0 Å². The summed E-state index contributed by atoms with van der Waals surface area (Å²) in [6.45, 7) is 0.146. The molecule has 146 valence electrons. The van der Waals surface area contributed by atoms with E-state index in [9.17, 15) is 18.7 Å². The van der Waals surface area contributed by atoms with Gasteiger partial charge < -0.3 is 15.2 Å². The fraction of sp³-hybridized carbons (Fsp3) is 0.300. The van der Waals surface area contributed by atoms with Crippen molar-refractivity contribution in [1.29, 1.82) is 0 Å². The first kappa shape index (κ1) is 19.0. The van der Waals surface area contributed by atoms with Crippen LogP contribution in [0, 0.1) is 17.6 Å². The molecule has 0 saturated carbocycles. The fourth-order valence-corrected chi connectivity index (χ4v) is 5.09. The van der Waals surface area contributed by atoms with Gasteiger partial charge in [0.15, 0.2) is 5.17 Å². The van der Waals surface area contributed by atoms with Crippen molar-refractivity contribution in [2.45, 2.75) is 10.9 Å². The average Bonchev–Trinajstić information content (AvgIpc) is 3.07. The molecule has 0 bridgehead atoms. The first-order valence-electron chi connectivity index (χ1n) is 8.81. The van der Waals surface area contributed by atoms with E-state index in [4.69, 9.17) is 4.74 Å². The summed E-state index contributed by atoms with van der Waals surface area (Å²) in [4.78, 5) is 16.9. The predicted molar refractivity (Wildman–Crippen MR) is 102 cm³/mol. The maximum Gasteiger partial charge on any atom is 0.257 e. The summed E-state index contributed by atoms with van der Waals surface area (Å²) in [6.07, 6.45) is -0.507. The number of carbonyl (C=O) groups is 1. The first-order valence-corrected chi connectivity index (χ1v) is 9.63. The van der Waals surface area contributed by atoms with Crippen LogP contribution in [0.15, 0.2) is 53.5 Å². The van der Waals surface area contributed by atoms with Gasteiger partial charge in [-0.15, -0.1) is 0 Å². The second-order valence-corrected chi connectivity index (χ2v) is 8.04. The number of aliphatic hydroxyl groups is 1. The molecule has 0 spiro atoms. The highest BCUT2D eigenvalue weighted by Crippen LogP contribution is 2.52. The molecule has 2 aliphatic heterocycles. The van der Waals surface area contributed by atoms with Gasteiger partial charge in [0, 0.05) is 29.7 Å². The first-order chi connectivity index (χ1) is 13.5. The molecule has 1 amide bonds. The second kappa shape index (κ2) is 7.62. The Morgan fingerprint density at radius 1 is 1.29 bits per heavy atom. The summed E-state index contributed by atoms with van der Waals surface area (Å²) in [5, 5.41) is 12.7. The molecular formula is C20H18F2N2O3S. The number of fused-ring (bicyclic) bond motifs is 1. The number of ether oxygens (including phenoxy) is 1. The Morgan fingerprint density at radius 3 is 2.79 bits per heavy atom. The number of amidine groups is 1. The molecule has 8 heteroatoms. The molecule has 3 atom stereocenters. The summed E-state index contributed by atoms with van der Waals surface area (Å²) in [5.41, 5.74) is 0.757. The van der Waals surface area contributed by atoms with Crippen molar-refractivity contribution in [1.82, 2.24) is 5.32 Å². The third-order valence-corrected chi connectivity index (χ3v) is 6.52. The topological polar surface area (TPSA) is 70.9 Å². The second-order valence-electron chi connectivity index (χ2n) is 6.72. The molecule has 1 saturated heterocycles.